The maximum absolute atomic E-state index is 14.7. The van der Waals surface area contributed by atoms with E-state index in [0.717, 1.165) is 49.8 Å². The average molecular weight is 480 g/mol. The van der Waals surface area contributed by atoms with Crippen LogP contribution in [0.2, 0.25) is 0 Å². The first-order valence-corrected chi connectivity index (χ1v) is 11.8. The van der Waals surface area contributed by atoms with Crippen LogP contribution in [0.3, 0.4) is 0 Å². The van der Waals surface area contributed by atoms with E-state index in [2.05, 4.69) is 25.2 Å². The number of ketones is 1. The van der Waals surface area contributed by atoms with E-state index in [1.54, 1.807) is 31.6 Å². The Hall–Kier alpha value is -3.43. The molecule has 3 heterocycles. The van der Waals surface area contributed by atoms with Crippen LogP contribution in [0.25, 0.3) is 0 Å². The van der Waals surface area contributed by atoms with Crippen molar-refractivity contribution in [3.05, 3.63) is 71.1 Å². The molecule has 0 radical (unpaired) electrons. The first-order valence-electron chi connectivity index (χ1n) is 11.8. The number of aryl methyl sites for hydroxylation is 2. The van der Waals surface area contributed by atoms with E-state index in [0.29, 0.717) is 36.3 Å². The molecule has 4 rings (SSSR count). The lowest BCUT2D eigenvalue weighted by Crippen LogP contribution is -2.35. The highest BCUT2D eigenvalue weighted by Crippen LogP contribution is 2.25. The van der Waals surface area contributed by atoms with Crippen LogP contribution in [0.5, 0.6) is 5.75 Å². The first-order chi connectivity index (χ1) is 17.1. The zero-order chi connectivity index (χ0) is 24.6. The van der Waals surface area contributed by atoms with Crippen molar-refractivity contribution >= 4 is 17.4 Å². The molecule has 0 aliphatic carbocycles. The normalized spacial score (nSPS) is 14.0. The zero-order valence-corrected chi connectivity index (χ0v) is 20.1. The van der Waals surface area contributed by atoms with Crippen LogP contribution in [0.15, 0.2) is 42.9 Å². The summed E-state index contributed by atoms with van der Waals surface area (Å²) < 4.78 is 25.2. The van der Waals surface area contributed by atoms with Gasteiger partial charge in [-0.2, -0.15) is 0 Å². The third kappa shape index (κ3) is 6.58. The van der Waals surface area contributed by atoms with Crippen molar-refractivity contribution in [3.8, 4) is 5.75 Å². The van der Waals surface area contributed by atoms with Gasteiger partial charge in [-0.3, -0.25) is 14.7 Å². The van der Waals surface area contributed by atoms with E-state index < -0.39 is 5.82 Å². The van der Waals surface area contributed by atoms with Crippen molar-refractivity contribution in [1.29, 1.82) is 0 Å². The summed E-state index contributed by atoms with van der Waals surface area (Å²) >= 11 is 0. The largest absolute Gasteiger partial charge is 0.494 e. The Labute approximate surface area is 204 Å². The van der Waals surface area contributed by atoms with Gasteiger partial charge in [-0.15, -0.1) is 0 Å². The number of halogens is 1. The van der Waals surface area contributed by atoms with Crippen molar-refractivity contribution in [1.82, 2.24) is 19.9 Å². The van der Waals surface area contributed by atoms with Crippen LogP contribution < -0.4 is 10.1 Å². The van der Waals surface area contributed by atoms with E-state index in [1.165, 1.54) is 13.2 Å². The summed E-state index contributed by atoms with van der Waals surface area (Å²) in [5.41, 5.74) is 3.56. The summed E-state index contributed by atoms with van der Waals surface area (Å²) in [4.78, 5) is 27.7. The molecular weight excluding hydrogens is 449 g/mol. The van der Waals surface area contributed by atoms with Gasteiger partial charge in [0.05, 0.1) is 37.9 Å². The standard InChI is InChI=1S/C26H30FN5O3/c1-3-23(33)20-12-19(25(27)24(13-20)34-2)5-4-18-14-29-26(30-15-18)31-21-6-7-22(28-16-21)17-32-8-10-35-11-9-32/h6-7,12-16H,3-5,8-11,17H2,1-2H3,(H,29,30,31). The number of rotatable bonds is 10. The molecule has 9 heteroatoms. The number of nitrogens with zero attached hydrogens (tertiary/aromatic N) is 4. The highest BCUT2D eigenvalue weighted by atomic mass is 19.1. The number of anilines is 2. The number of benzene rings is 1. The number of aromatic nitrogens is 3. The number of nitrogens with one attached hydrogen (secondary N) is 1. The summed E-state index contributed by atoms with van der Waals surface area (Å²) in [6.07, 6.45) is 6.48. The van der Waals surface area contributed by atoms with Crippen molar-refractivity contribution in [2.24, 2.45) is 0 Å². The number of carbonyl (C=O) groups is 1. The van der Waals surface area contributed by atoms with Gasteiger partial charge in [0.2, 0.25) is 5.95 Å². The van der Waals surface area contributed by atoms with Gasteiger partial charge < -0.3 is 14.8 Å². The molecule has 0 bridgehead atoms. The summed E-state index contributed by atoms with van der Waals surface area (Å²) in [6, 6.07) is 7.02. The molecule has 1 aromatic carbocycles. The predicted octanol–water partition coefficient (Wildman–Crippen LogP) is 3.97. The van der Waals surface area contributed by atoms with Gasteiger partial charge in [0.15, 0.2) is 17.3 Å². The van der Waals surface area contributed by atoms with E-state index >= 15 is 0 Å². The van der Waals surface area contributed by atoms with Gasteiger partial charge in [-0.05, 0) is 48.2 Å². The number of hydrogen-bond acceptors (Lipinski definition) is 8. The minimum absolute atomic E-state index is 0.0491. The Balaban J connectivity index is 1.34. The number of ether oxygens (including phenoxy) is 2. The number of Topliss-reactive ketones (excluding diaryl/α,β-unsaturated/α-hetero) is 1. The number of carbonyl (C=O) groups excluding carboxylic acids is 1. The fraction of sp³-hybridized carbons (Fsp3) is 0.385. The summed E-state index contributed by atoms with van der Waals surface area (Å²) in [5, 5.41) is 3.15. The van der Waals surface area contributed by atoms with Crippen molar-refractivity contribution in [2.75, 3.05) is 38.7 Å². The molecule has 1 aliphatic heterocycles. The molecule has 1 aliphatic rings. The van der Waals surface area contributed by atoms with E-state index in [-0.39, 0.29) is 11.5 Å². The van der Waals surface area contributed by atoms with E-state index in [1.807, 2.05) is 12.1 Å². The third-order valence-corrected chi connectivity index (χ3v) is 5.94. The smallest absolute Gasteiger partial charge is 0.227 e. The van der Waals surface area contributed by atoms with Gasteiger partial charge in [0.1, 0.15) is 0 Å². The molecule has 0 amide bonds. The molecule has 0 unspecified atom stereocenters. The van der Waals surface area contributed by atoms with Crippen LogP contribution in [-0.4, -0.2) is 59.0 Å². The molecule has 0 saturated carbocycles. The summed E-state index contributed by atoms with van der Waals surface area (Å²) in [5.74, 6) is 0.0513. The van der Waals surface area contributed by atoms with Gasteiger partial charge in [-0.1, -0.05) is 6.92 Å². The average Bonchev–Trinajstić information content (AvgIpc) is 2.90. The molecule has 0 atom stereocenters. The Bertz CT molecular complexity index is 1130. The van der Waals surface area contributed by atoms with Crippen molar-refractivity contribution in [2.45, 2.75) is 32.7 Å². The Kier molecular flexibility index (Phi) is 8.33. The summed E-state index contributed by atoms with van der Waals surface area (Å²) in [6.45, 7) is 5.95. The zero-order valence-electron chi connectivity index (χ0n) is 20.1. The lowest BCUT2D eigenvalue weighted by atomic mass is 10.00. The lowest BCUT2D eigenvalue weighted by Gasteiger charge is -2.26. The fourth-order valence-corrected chi connectivity index (χ4v) is 3.89. The predicted molar refractivity (Wildman–Crippen MR) is 131 cm³/mol. The monoisotopic (exact) mass is 479 g/mol. The first kappa shape index (κ1) is 24.7. The van der Waals surface area contributed by atoms with E-state index in [4.69, 9.17) is 9.47 Å². The minimum Gasteiger partial charge on any atom is -0.494 e. The molecule has 1 N–H and O–H groups in total. The molecule has 184 valence electrons. The quantitative estimate of drug-likeness (QED) is 0.437. The second-order valence-corrected chi connectivity index (χ2v) is 8.39. The van der Waals surface area contributed by atoms with Crippen LogP contribution in [-0.2, 0) is 24.1 Å². The highest BCUT2D eigenvalue weighted by Gasteiger charge is 2.15. The van der Waals surface area contributed by atoms with Crippen LogP contribution >= 0.6 is 0 Å². The topological polar surface area (TPSA) is 89.5 Å². The lowest BCUT2D eigenvalue weighted by molar-refractivity contribution is 0.0336. The molecule has 3 aromatic rings. The Morgan fingerprint density at radius 1 is 1.11 bits per heavy atom. The fourth-order valence-electron chi connectivity index (χ4n) is 3.89. The Morgan fingerprint density at radius 3 is 2.54 bits per heavy atom. The minimum atomic E-state index is -0.441. The van der Waals surface area contributed by atoms with Crippen molar-refractivity contribution in [3.63, 3.8) is 0 Å². The number of pyridine rings is 1. The molecular formula is C26H30FN5O3. The Morgan fingerprint density at radius 2 is 1.89 bits per heavy atom. The van der Waals surface area contributed by atoms with Gasteiger partial charge in [0.25, 0.3) is 0 Å². The molecule has 8 nitrogen and oxygen atoms in total. The van der Waals surface area contributed by atoms with E-state index in [9.17, 15) is 9.18 Å². The van der Waals surface area contributed by atoms with Gasteiger partial charge in [0, 0.05) is 44.0 Å². The van der Waals surface area contributed by atoms with Crippen LogP contribution in [0.4, 0.5) is 16.0 Å². The number of hydrogen-bond donors (Lipinski definition) is 1. The maximum Gasteiger partial charge on any atom is 0.227 e. The second kappa shape index (κ2) is 11.8. The highest BCUT2D eigenvalue weighted by molar-refractivity contribution is 5.96. The SMILES string of the molecule is CCC(=O)c1cc(CCc2cnc(Nc3ccc(CN4CCOCC4)nc3)nc2)c(F)c(OC)c1. The molecule has 1 fully saturated rings. The van der Waals surface area contributed by atoms with Crippen LogP contribution in [0.1, 0.15) is 40.5 Å². The molecule has 35 heavy (non-hydrogen) atoms. The van der Waals surface area contributed by atoms with Crippen LogP contribution in [0, 0.1) is 5.82 Å². The maximum atomic E-state index is 14.7. The molecule has 0 spiro atoms. The summed E-state index contributed by atoms with van der Waals surface area (Å²) in [7, 11) is 1.40. The van der Waals surface area contributed by atoms with Gasteiger partial charge >= 0.3 is 0 Å². The number of morpholine rings is 1. The number of methoxy groups -OCH3 is 1. The molecule has 1 saturated heterocycles. The second-order valence-electron chi connectivity index (χ2n) is 8.39. The third-order valence-electron chi connectivity index (χ3n) is 5.94. The van der Waals surface area contributed by atoms with Gasteiger partial charge in [-0.25, -0.2) is 14.4 Å². The van der Waals surface area contributed by atoms with Crippen molar-refractivity contribution < 1.29 is 18.7 Å². The molecule has 2 aromatic heterocycles.